The summed E-state index contributed by atoms with van der Waals surface area (Å²) in [5, 5.41) is 7.05. The zero-order valence-electron chi connectivity index (χ0n) is 11.5. The summed E-state index contributed by atoms with van der Waals surface area (Å²) < 4.78 is 15.6. The number of ether oxygens (including phenoxy) is 2. The van der Waals surface area contributed by atoms with Crippen LogP contribution in [0.25, 0.3) is 11.4 Å². The molecular formula is C14H17N3O3. The van der Waals surface area contributed by atoms with Crippen molar-refractivity contribution in [3.63, 3.8) is 0 Å². The fourth-order valence-electron chi connectivity index (χ4n) is 1.66. The molecular weight excluding hydrogens is 258 g/mol. The maximum atomic E-state index is 5.22. The molecule has 1 N–H and O–H groups in total. The molecule has 0 spiro atoms. The Labute approximate surface area is 117 Å². The van der Waals surface area contributed by atoms with Gasteiger partial charge in [-0.1, -0.05) is 11.2 Å². The predicted molar refractivity (Wildman–Crippen MR) is 74.7 cm³/mol. The monoisotopic (exact) mass is 275 g/mol. The molecule has 0 aliphatic carbocycles. The van der Waals surface area contributed by atoms with Gasteiger partial charge in [0, 0.05) is 18.2 Å². The van der Waals surface area contributed by atoms with E-state index in [2.05, 4.69) is 22.0 Å². The third kappa shape index (κ3) is 3.36. The zero-order valence-corrected chi connectivity index (χ0v) is 11.5. The van der Waals surface area contributed by atoms with Crippen molar-refractivity contribution in [3.8, 4) is 22.9 Å². The average molecular weight is 275 g/mol. The number of nitrogens with zero attached hydrogens (tertiary/aromatic N) is 2. The second-order valence-corrected chi connectivity index (χ2v) is 4.03. The third-order valence-corrected chi connectivity index (χ3v) is 2.64. The van der Waals surface area contributed by atoms with Crippen molar-refractivity contribution in [2.24, 2.45) is 0 Å². The number of nitrogens with one attached hydrogen (secondary N) is 1. The van der Waals surface area contributed by atoms with E-state index in [1.54, 1.807) is 26.4 Å². The van der Waals surface area contributed by atoms with Gasteiger partial charge in [0.1, 0.15) is 11.5 Å². The Morgan fingerprint density at radius 2 is 1.95 bits per heavy atom. The van der Waals surface area contributed by atoms with Gasteiger partial charge < -0.3 is 19.3 Å². The largest absolute Gasteiger partial charge is 0.497 e. The molecule has 0 saturated carbocycles. The van der Waals surface area contributed by atoms with Crippen LogP contribution >= 0.6 is 0 Å². The van der Waals surface area contributed by atoms with E-state index in [9.17, 15) is 0 Å². The van der Waals surface area contributed by atoms with Crippen molar-refractivity contribution in [1.82, 2.24) is 15.5 Å². The van der Waals surface area contributed by atoms with Crippen molar-refractivity contribution in [2.45, 2.75) is 6.54 Å². The van der Waals surface area contributed by atoms with E-state index in [-0.39, 0.29) is 0 Å². The summed E-state index contributed by atoms with van der Waals surface area (Å²) in [7, 11) is 3.19. The molecule has 0 fully saturated rings. The molecule has 1 aromatic heterocycles. The number of benzene rings is 1. The Kier molecular flexibility index (Phi) is 4.73. The van der Waals surface area contributed by atoms with E-state index in [4.69, 9.17) is 14.0 Å². The second kappa shape index (κ2) is 6.72. The van der Waals surface area contributed by atoms with Gasteiger partial charge in [-0.3, -0.25) is 0 Å². The SMILES string of the molecule is C=CCNCc1nc(-c2cc(OC)cc(OC)c2)no1. The summed E-state index contributed by atoms with van der Waals surface area (Å²) in [6.07, 6.45) is 1.77. The number of hydrogen-bond donors (Lipinski definition) is 1. The van der Waals surface area contributed by atoms with Crippen LogP contribution < -0.4 is 14.8 Å². The summed E-state index contributed by atoms with van der Waals surface area (Å²) in [5.74, 6) is 2.37. The molecule has 106 valence electrons. The lowest BCUT2D eigenvalue weighted by molar-refractivity contribution is 0.370. The Hall–Kier alpha value is -2.34. The van der Waals surface area contributed by atoms with E-state index < -0.39 is 0 Å². The van der Waals surface area contributed by atoms with E-state index in [1.807, 2.05) is 12.1 Å². The first-order chi connectivity index (χ1) is 9.76. The molecule has 6 nitrogen and oxygen atoms in total. The predicted octanol–water partition coefficient (Wildman–Crippen LogP) is 2.03. The second-order valence-electron chi connectivity index (χ2n) is 4.03. The minimum atomic E-state index is 0.498. The highest BCUT2D eigenvalue weighted by atomic mass is 16.5. The van der Waals surface area contributed by atoms with Crippen LogP contribution in [0.4, 0.5) is 0 Å². The molecule has 0 bridgehead atoms. The molecule has 0 aliphatic heterocycles. The third-order valence-electron chi connectivity index (χ3n) is 2.64. The molecule has 0 aliphatic rings. The maximum Gasteiger partial charge on any atom is 0.240 e. The lowest BCUT2D eigenvalue weighted by atomic mass is 10.2. The van der Waals surface area contributed by atoms with Gasteiger partial charge in [0.2, 0.25) is 11.7 Å². The summed E-state index contributed by atoms with van der Waals surface area (Å²) in [6.45, 7) is 4.81. The molecule has 6 heteroatoms. The van der Waals surface area contributed by atoms with Gasteiger partial charge in [-0.25, -0.2) is 0 Å². The first-order valence-electron chi connectivity index (χ1n) is 6.14. The fraction of sp³-hybridized carbons (Fsp3) is 0.286. The molecule has 0 atom stereocenters. The van der Waals surface area contributed by atoms with Crippen LogP contribution in [0.5, 0.6) is 11.5 Å². The van der Waals surface area contributed by atoms with E-state index in [1.165, 1.54) is 0 Å². The smallest absolute Gasteiger partial charge is 0.240 e. The molecule has 0 radical (unpaired) electrons. The van der Waals surface area contributed by atoms with Gasteiger partial charge in [0.05, 0.1) is 20.8 Å². The average Bonchev–Trinajstić information content (AvgIpc) is 2.96. The lowest BCUT2D eigenvalue weighted by Crippen LogP contribution is -2.12. The normalized spacial score (nSPS) is 10.3. The minimum Gasteiger partial charge on any atom is -0.497 e. The molecule has 0 amide bonds. The minimum absolute atomic E-state index is 0.498. The molecule has 1 aromatic carbocycles. The van der Waals surface area contributed by atoms with Crippen LogP contribution in [0.1, 0.15) is 5.89 Å². The highest BCUT2D eigenvalue weighted by Crippen LogP contribution is 2.28. The molecule has 2 aromatic rings. The number of rotatable bonds is 7. The first kappa shape index (κ1) is 14.1. The highest BCUT2D eigenvalue weighted by molar-refractivity contribution is 5.60. The number of methoxy groups -OCH3 is 2. The van der Waals surface area contributed by atoms with E-state index >= 15 is 0 Å². The quantitative estimate of drug-likeness (QED) is 0.616. The van der Waals surface area contributed by atoms with Gasteiger partial charge in [-0.2, -0.15) is 4.98 Å². The lowest BCUT2D eigenvalue weighted by Gasteiger charge is -2.05. The molecule has 20 heavy (non-hydrogen) atoms. The zero-order chi connectivity index (χ0) is 14.4. The molecule has 2 rings (SSSR count). The van der Waals surface area contributed by atoms with Crippen molar-refractivity contribution in [1.29, 1.82) is 0 Å². The summed E-state index contributed by atoms with van der Waals surface area (Å²) >= 11 is 0. The van der Waals surface area contributed by atoms with Crippen molar-refractivity contribution >= 4 is 0 Å². The first-order valence-corrected chi connectivity index (χ1v) is 6.14. The fourth-order valence-corrected chi connectivity index (χ4v) is 1.66. The van der Waals surface area contributed by atoms with Crippen LogP contribution in [-0.2, 0) is 6.54 Å². The van der Waals surface area contributed by atoms with Gasteiger partial charge in [0.25, 0.3) is 0 Å². The van der Waals surface area contributed by atoms with Crippen molar-refractivity contribution in [2.75, 3.05) is 20.8 Å². The van der Waals surface area contributed by atoms with Gasteiger partial charge in [-0.05, 0) is 12.1 Å². The van der Waals surface area contributed by atoms with Crippen LogP contribution in [0.3, 0.4) is 0 Å². The van der Waals surface area contributed by atoms with Crippen LogP contribution in [0, 0.1) is 0 Å². The maximum absolute atomic E-state index is 5.22. The summed E-state index contributed by atoms with van der Waals surface area (Å²) in [5.41, 5.74) is 0.778. The van der Waals surface area contributed by atoms with Crippen molar-refractivity contribution < 1.29 is 14.0 Å². The van der Waals surface area contributed by atoms with Gasteiger partial charge in [-0.15, -0.1) is 6.58 Å². The van der Waals surface area contributed by atoms with Crippen molar-refractivity contribution in [3.05, 3.63) is 36.7 Å². The molecule has 0 unspecified atom stereocenters. The van der Waals surface area contributed by atoms with E-state index in [0.717, 1.165) is 5.56 Å². The Bertz CT molecular complexity index is 559. The molecule has 0 saturated heterocycles. The molecule has 1 heterocycles. The highest BCUT2D eigenvalue weighted by Gasteiger charge is 2.11. The number of hydrogen-bond acceptors (Lipinski definition) is 6. The number of aromatic nitrogens is 2. The summed E-state index contributed by atoms with van der Waals surface area (Å²) in [4.78, 5) is 4.32. The summed E-state index contributed by atoms with van der Waals surface area (Å²) in [6, 6.07) is 5.44. The van der Waals surface area contributed by atoms with Crippen LogP contribution in [0.2, 0.25) is 0 Å². The van der Waals surface area contributed by atoms with Gasteiger partial charge in [0.15, 0.2) is 0 Å². The Balaban J connectivity index is 2.20. The van der Waals surface area contributed by atoms with Crippen LogP contribution in [0.15, 0.2) is 35.4 Å². The van der Waals surface area contributed by atoms with E-state index in [0.29, 0.717) is 36.3 Å². The van der Waals surface area contributed by atoms with Crippen LogP contribution in [-0.4, -0.2) is 30.9 Å². The van der Waals surface area contributed by atoms with Gasteiger partial charge >= 0.3 is 0 Å². The Morgan fingerprint density at radius 3 is 2.55 bits per heavy atom. The standard InChI is InChI=1S/C14H17N3O3/c1-4-5-15-9-13-16-14(17-20-13)10-6-11(18-2)8-12(7-10)19-3/h4,6-8,15H,1,5,9H2,2-3H3. The topological polar surface area (TPSA) is 69.4 Å². The Morgan fingerprint density at radius 1 is 1.25 bits per heavy atom.